The lowest BCUT2D eigenvalue weighted by atomic mass is 10.1. The minimum Gasteiger partial charge on any atom is -0.497 e. The molecule has 0 aliphatic carbocycles. The molecule has 0 atom stereocenters. The van der Waals surface area contributed by atoms with Crippen LogP contribution < -0.4 is 15.0 Å². The number of urea groups is 1. The molecule has 3 aromatic rings. The summed E-state index contributed by atoms with van der Waals surface area (Å²) in [6.07, 6.45) is 3.19. The van der Waals surface area contributed by atoms with E-state index < -0.39 is 23.7 Å². The maximum Gasteiger partial charge on any atom is 0.335 e. The van der Waals surface area contributed by atoms with Crippen molar-refractivity contribution in [3.05, 3.63) is 83.9 Å². The molecule has 30 heavy (non-hydrogen) atoms. The first-order chi connectivity index (χ1) is 14.5. The van der Waals surface area contributed by atoms with Gasteiger partial charge in [0.2, 0.25) is 0 Å². The number of hydrogen-bond acceptors (Lipinski definition) is 4. The van der Waals surface area contributed by atoms with Crippen molar-refractivity contribution in [1.29, 1.82) is 0 Å². The van der Waals surface area contributed by atoms with Crippen molar-refractivity contribution in [2.45, 2.75) is 0 Å². The van der Waals surface area contributed by atoms with Gasteiger partial charge < -0.3 is 9.30 Å². The van der Waals surface area contributed by atoms with Gasteiger partial charge in [0.15, 0.2) is 0 Å². The van der Waals surface area contributed by atoms with Crippen LogP contribution in [0, 0.1) is 5.82 Å². The van der Waals surface area contributed by atoms with Crippen molar-refractivity contribution >= 4 is 29.6 Å². The second-order valence-corrected chi connectivity index (χ2v) is 6.44. The van der Waals surface area contributed by atoms with Crippen LogP contribution in [-0.4, -0.2) is 29.5 Å². The first-order valence-corrected chi connectivity index (χ1v) is 8.97. The van der Waals surface area contributed by atoms with E-state index in [1.807, 2.05) is 12.1 Å². The van der Waals surface area contributed by atoms with Gasteiger partial charge in [-0.2, -0.15) is 0 Å². The van der Waals surface area contributed by atoms with Gasteiger partial charge in [-0.15, -0.1) is 0 Å². The Bertz CT molecular complexity index is 1160. The molecule has 1 N–H and O–H groups in total. The van der Waals surface area contributed by atoms with E-state index in [1.165, 1.54) is 18.2 Å². The van der Waals surface area contributed by atoms with Crippen LogP contribution in [0.15, 0.2) is 72.4 Å². The van der Waals surface area contributed by atoms with E-state index in [2.05, 4.69) is 5.32 Å². The number of benzene rings is 2. The fourth-order valence-corrected chi connectivity index (χ4v) is 3.12. The van der Waals surface area contributed by atoms with E-state index in [9.17, 15) is 18.8 Å². The molecule has 4 amide bonds. The van der Waals surface area contributed by atoms with Crippen LogP contribution in [0.4, 0.5) is 14.9 Å². The summed E-state index contributed by atoms with van der Waals surface area (Å²) in [5.41, 5.74) is 1.30. The van der Waals surface area contributed by atoms with Gasteiger partial charge in [0.1, 0.15) is 17.1 Å². The van der Waals surface area contributed by atoms with Crippen molar-refractivity contribution < 1.29 is 23.5 Å². The monoisotopic (exact) mass is 405 g/mol. The van der Waals surface area contributed by atoms with Gasteiger partial charge in [-0.25, -0.2) is 14.1 Å². The number of rotatable bonds is 4. The Morgan fingerprint density at radius 1 is 0.933 bits per heavy atom. The van der Waals surface area contributed by atoms with Crippen LogP contribution in [0.3, 0.4) is 0 Å². The van der Waals surface area contributed by atoms with Crippen molar-refractivity contribution in [2.24, 2.45) is 0 Å². The number of barbiturate groups is 1. The molecule has 7 nitrogen and oxygen atoms in total. The molecule has 0 bridgehead atoms. The number of imide groups is 2. The number of methoxy groups -OCH3 is 1. The standard InChI is InChI=1S/C22H16FN3O4/c1-30-18-10-8-15(9-11-18)25-12-2-3-17(25)13-19-20(27)24-22(29)26(21(19)28)16-6-4-14(23)5-7-16/h2-13H,1H3,(H,24,27,29)/b19-13-. The first-order valence-electron chi connectivity index (χ1n) is 8.97. The number of halogens is 1. The molecule has 2 heterocycles. The summed E-state index contributed by atoms with van der Waals surface area (Å²) in [6.45, 7) is 0. The van der Waals surface area contributed by atoms with Gasteiger partial charge in [-0.3, -0.25) is 14.9 Å². The van der Waals surface area contributed by atoms with Crippen molar-refractivity contribution in [3.8, 4) is 11.4 Å². The van der Waals surface area contributed by atoms with Crippen molar-refractivity contribution in [3.63, 3.8) is 0 Å². The SMILES string of the molecule is COc1ccc(-n2cccc2/C=C2/C(=O)NC(=O)N(c3ccc(F)cc3)C2=O)cc1. The van der Waals surface area contributed by atoms with Gasteiger partial charge in [0.05, 0.1) is 12.8 Å². The molecule has 1 saturated heterocycles. The van der Waals surface area contributed by atoms with Gasteiger partial charge in [0, 0.05) is 17.6 Å². The Balaban J connectivity index is 1.71. The second-order valence-electron chi connectivity index (χ2n) is 6.44. The average molecular weight is 405 g/mol. The molecule has 0 saturated carbocycles. The molecule has 1 aromatic heterocycles. The molecule has 0 unspecified atom stereocenters. The molecule has 0 radical (unpaired) electrons. The summed E-state index contributed by atoms with van der Waals surface area (Å²) in [4.78, 5) is 38.3. The predicted octanol–water partition coefficient (Wildman–Crippen LogP) is 3.29. The van der Waals surface area contributed by atoms with Gasteiger partial charge in [-0.05, 0) is 66.7 Å². The number of aromatic nitrogens is 1. The van der Waals surface area contributed by atoms with Crippen LogP contribution >= 0.6 is 0 Å². The van der Waals surface area contributed by atoms with E-state index in [0.29, 0.717) is 11.4 Å². The quantitative estimate of drug-likeness (QED) is 0.534. The van der Waals surface area contributed by atoms with E-state index >= 15 is 0 Å². The van der Waals surface area contributed by atoms with Crippen LogP contribution in [0.25, 0.3) is 11.8 Å². The molecular formula is C22H16FN3O4. The summed E-state index contributed by atoms with van der Waals surface area (Å²) in [5, 5.41) is 2.15. The highest BCUT2D eigenvalue weighted by molar-refractivity contribution is 6.39. The topological polar surface area (TPSA) is 80.6 Å². The maximum absolute atomic E-state index is 13.2. The maximum atomic E-state index is 13.2. The van der Waals surface area contributed by atoms with Crippen molar-refractivity contribution in [2.75, 3.05) is 12.0 Å². The number of hydrogen-bond donors (Lipinski definition) is 1. The third-order valence-corrected chi connectivity index (χ3v) is 4.61. The predicted molar refractivity (Wildman–Crippen MR) is 108 cm³/mol. The number of amides is 4. The molecule has 1 fully saturated rings. The van der Waals surface area contributed by atoms with E-state index in [-0.39, 0.29) is 11.3 Å². The lowest BCUT2D eigenvalue weighted by Crippen LogP contribution is -2.54. The largest absolute Gasteiger partial charge is 0.497 e. The van der Waals surface area contributed by atoms with Crippen LogP contribution in [0.2, 0.25) is 0 Å². The third kappa shape index (κ3) is 3.46. The molecule has 4 rings (SSSR count). The zero-order chi connectivity index (χ0) is 21.3. The molecule has 0 spiro atoms. The smallest absolute Gasteiger partial charge is 0.335 e. The Kier molecular flexibility index (Phi) is 4.89. The fourth-order valence-electron chi connectivity index (χ4n) is 3.12. The van der Waals surface area contributed by atoms with Gasteiger partial charge in [0.25, 0.3) is 11.8 Å². The summed E-state index contributed by atoms with van der Waals surface area (Å²) in [6, 6.07) is 14.7. The number of carbonyl (C=O) groups is 3. The summed E-state index contributed by atoms with van der Waals surface area (Å²) < 4.78 is 20.2. The molecule has 8 heteroatoms. The molecule has 2 aromatic carbocycles. The number of anilines is 1. The number of carbonyl (C=O) groups excluding carboxylic acids is 3. The minimum absolute atomic E-state index is 0.155. The normalized spacial score (nSPS) is 15.5. The highest BCUT2D eigenvalue weighted by Gasteiger charge is 2.37. The molecule has 150 valence electrons. The Labute approximate surface area is 171 Å². The number of nitrogens with zero attached hydrogens (tertiary/aromatic N) is 2. The van der Waals surface area contributed by atoms with E-state index in [1.54, 1.807) is 42.1 Å². The summed E-state index contributed by atoms with van der Waals surface area (Å²) >= 11 is 0. The fraction of sp³-hybridized carbons (Fsp3) is 0.0455. The summed E-state index contributed by atoms with van der Waals surface area (Å²) in [5.74, 6) is -1.41. The average Bonchev–Trinajstić information content (AvgIpc) is 3.20. The minimum atomic E-state index is -0.890. The zero-order valence-corrected chi connectivity index (χ0v) is 15.8. The first kappa shape index (κ1) is 19.1. The van der Waals surface area contributed by atoms with Gasteiger partial charge in [-0.1, -0.05) is 0 Å². The summed E-state index contributed by atoms with van der Waals surface area (Å²) in [7, 11) is 1.57. The highest BCUT2D eigenvalue weighted by Crippen LogP contribution is 2.24. The van der Waals surface area contributed by atoms with Crippen molar-refractivity contribution in [1.82, 2.24) is 9.88 Å². The Morgan fingerprint density at radius 3 is 2.27 bits per heavy atom. The molecule has 1 aliphatic rings. The van der Waals surface area contributed by atoms with Crippen LogP contribution in [0.5, 0.6) is 5.75 Å². The zero-order valence-electron chi connectivity index (χ0n) is 15.8. The lowest BCUT2D eigenvalue weighted by Gasteiger charge is -2.26. The van der Waals surface area contributed by atoms with E-state index in [0.717, 1.165) is 22.7 Å². The Morgan fingerprint density at radius 2 is 1.60 bits per heavy atom. The Hall–Kier alpha value is -4.20. The molecule has 1 aliphatic heterocycles. The van der Waals surface area contributed by atoms with Crippen LogP contribution in [-0.2, 0) is 9.59 Å². The second kappa shape index (κ2) is 7.67. The third-order valence-electron chi connectivity index (χ3n) is 4.61. The molecular weight excluding hydrogens is 389 g/mol. The number of ether oxygens (including phenoxy) is 1. The highest BCUT2D eigenvalue weighted by atomic mass is 19.1. The van der Waals surface area contributed by atoms with Gasteiger partial charge >= 0.3 is 6.03 Å². The number of nitrogens with one attached hydrogen (secondary N) is 1. The van der Waals surface area contributed by atoms with E-state index in [4.69, 9.17) is 4.74 Å². The van der Waals surface area contributed by atoms with Crippen LogP contribution in [0.1, 0.15) is 5.69 Å². The lowest BCUT2D eigenvalue weighted by molar-refractivity contribution is -0.122.